The van der Waals surface area contributed by atoms with Gasteiger partial charge in [-0.2, -0.15) is 10.4 Å². The highest BCUT2D eigenvalue weighted by Gasteiger charge is 2.22. The molecule has 0 fully saturated rings. The number of H-pyrrole nitrogens is 1. The van der Waals surface area contributed by atoms with Gasteiger partial charge in [0.15, 0.2) is 12.2 Å². The van der Waals surface area contributed by atoms with Crippen LogP contribution in [-0.4, -0.2) is 15.2 Å². The number of aromatic nitrogens is 3. The van der Waals surface area contributed by atoms with E-state index < -0.39 is 0 Å². The van der Waals surface area contributed by atoms with Gasteiger partial charge in [-0.25, -0.2) is 4.98 Å². The highest BCUT2D eigenvalue weighted by molar-refractivity contribution is 5.92. The highest BCUT2D eigenvalue weighted by Crippen LogP contribution is 2.36. The lowest BCUT2D eigenvalue weighted by molar-refractivity contribution is 0.183. The van der Waals surface area contributed by atoms with E-state index in [1.165, 1.54) is 17.5 Å². The Morgan fingerprint density at radius 3 is 3.04 bits per heavy atom. The summed E-state index contributed by atoms with van der Waals surface area (Å²) in [6.45, 7) is 0. The lowest BCUT2D eigenvalue weighted by Crippen LogP contribution is -2.15. The molecule has 0 aliphatic heterocycles. The van der Waals surface area contributed by atoms with Crippen LogP contribution < -0.4 is 4.74 Å². The minimum absolute atomic E-state index is 0.0143. The summed E-state index contributed by atoms with van der Waals surface area (Å²) in [5.41, 5.74) is 4.71. The number of hydrogen-bond donors (Lipinski definition) is 1. The first-order valence-corrected chi connectivity index (χ1v) is 8.88. The van der Waals surface area contributed by atoms with Crippen molar-refractivity contribution in [2.24, 2.45) is 0 Å². The molecule has 2 aromatic heterocycles. The molecule has 6 heteroatoms. The van der Waals surface area contributed by atoms with Gasteiger partial charge in [-0.15, -0.1) is 0 Å². The first-order valence-electron chi connectivity index (χ1n) is 8.88. The molecule has 1 aliphatic carbocycles. The molecule has 27 heavy (non-hydrogen) atoms. The van der Waals surface area contributed by atoms with Crippen LogP contribution in [0.4, 0.5) is 0 Å². The van der Waals surface area contributed by atoms with Gasteiger partial charge in [0.25, 0.3) is 0 Å². The number of nitriles is 1. The normalized spacial score (nSPS) is 16.0. The fourth-order valence-corrected chi connectivity index (χ4v) is 3.71. The van der Waals surface area contributed by atoms with Gasteiger partial charge >= 0.3 is 0 Å². The highest BCUT2D eigenvalue weighted by atomic mass is 16.5. The molecule has 4 aromatic rings. The van der Waals surface area contributed by atoms with Crippen LogP contribution >= 0.6 is 0 Å². The number of aromatic amines is 1. The van der Waals surface area contributed by atoms with E-state index in [0.29, 0.717) is 11.3 Å². The van der Waals surface area contributed by atoms with Crippen LogP contribution in [0, 0.1) is 11.3 Å². The second-order valence-corrected chi connectivity index (χ2v) is 6.67. The predicted molar refractivity (Wildman–Crippen MR) is 99.1 cm³/mol. The van der Waals surface area contributed by atoms with E-state index in [1.807, 2.05) is 36.4 Å². The topological polar surface area (TPSA) is 87.7 Å². The van der Waals surface area contributed by atoms with Gasteiger partial charge < -0.3 is 9.15 Å². The van der Waals surface area contributed by atoms with Crippen molar-refractivity contribution in [3.63, 3.8) is 0 Å². The number of hydrogen-bond acceptors (Lipinski definition) is 5. The summed E-state index contributed by atoms with van der Waals surface area (Å²) in [5, 5.41) is 17.4. The molecule has 2 heterocycles. The molecule has 1 aliphatic rings. The molecule has 0 amide bonds. The molecule has 0 saturated carbocycles. The van der Waals surface area contributed by atoms with Crippen molar-refractivity contribution in [3.05, 3.63) is 65.7 Å². The van der Waals surface area contributed by atoms with E-state index >= 15 is 0 Å². The summed E-state index contributed by atoms with van der Waals surface area (Å²) in [6, 6.07) is 14.0. The molecular formula is C21H16N4O2. The Morgan fingerprint density at radius 2 is 2.19 bits per heavy atom. The van der Waals surface area contributed by atoms with Gasteiger partial charge in [0.2, 0.25) is 0 Å². The average molecular weight is 356 g/mol. The third kappa shape index (κ3) is 2.74. The van der Waals surface area contributed by atoms with Crippen LogP contribution in [0.3, 0.4) is 0 Å². The number of ether oxygens (including phenoxy) is 1. The first kappa shape index (κ1) is 15.6. The number of aryl methyl sites for hydroxylation is 1. The lowest BCUT2D eigenvalue weighted by Gasteiger charge is -2.26. The van der Waals surface area contributed by atoms with Crippen LogP contribution in [0.1, 0.15) is 35.6 Å². The summed E-state index contributed by atoms with van der Waals surface area (Å²) in [7, 11) is 0. The van der Waals surface area contributed by atoms with Gasteiger partial charge in [-0.05, 0) is 60.7 Å². The summed E-state index contributed by atoms with van der Waals surface area (Å²) in [6.07, 6.45) is 6.01. The van der Waals surface area contributed by atoms with Gasteiger partial charge in [-0.1, -0.05) is 6.07 Å². The van der Waals surface area contributed by atoms with Crippen molar-refractivity contribution in [2.45, 2.75) is 25.4 Å². The Hall–Kier alpha value is -3.59. The molecule has 132 valence electrons. The van der Waals surface area contributed by atoms with E-state index in [2.05, 4.69) is 21.3 Å². The van der Waals surface area contributed by atoms with Crippen LogP contribution in [0.25, 0.3) is 22.4 Å². The molecule has 0 bridgehead atoms. The van der Waals surface area contributed by atoms with Crippen LogP contribution in [0.15, 0.2) is 53.4 Å². The molecular weight excluding hydrogens is 340 g/mol. The minimum Gasteiger partial charge on any atom is -0.486 e. The smallest absolute Gasteiger partial charge is 0.181 e. The van der Waals surface area contributed by atoms with E-state index in [1.54, 1.807) is 6.20 Å². The van der Waals surface area contributed by atoms with E-state index in [9.17, 15) is 0 Å². The molecule has 2 aromatic carbocycles. The summed E-state index contributed by atoms with van der Waals surface area (Å²) < 4.78 is 11.7. The number of oxazole rings is 1. The van der Waals surface area contributed by atoms with Gasteiger partial charge in [0.05, 0.1) is 23.3 Å². The van der Waals surface area contributed by atoms with Crippen molar-refractivity contribution >= 4 is 10.9 Å². The fourth-order valence-electron chi connectivity index (χ4n) is 3.71. The number of benzene rings is 2. The number of nitrogens with zero attached hydrogens (tertiary/aromatic N) is 3. The van der Waals surface area contributed by atoms with Crippen molar-refractivity contribution in [1.29, 1.82) is 5.26 Å². The van der Waals surface area contributed by atoms with Gasteiger partial charge in [-0.3, -0.25) is 5.10 Å². The SMILES string of the molecule is N#Cc1ccc2c(c1)CCCC2Oc1ccc2[nH]nc(-c3cnco3)c2c1. The Kier molecular flexibility index (Phi) is 3.65. The van der Waals surface area contributed by atoms with Crippen molar-refractivity contribution in [3.8, 4) is 23.3 Å². The Morgan fingerprint density at radius 1 is 1.22 bits per heavy atom. The molecule has 1 atom stereocenters. The minimum atomic E-state index is -0.0143. The lowest BCUT2D eigenvalue weighted by atomic mass is 9.88. The molecule has 1 N–H and O–H groups in total. The molecule has 6 nitrogen and oxygen atoms in total. The Labute approximate surface area is 155 Å². The zero-order valence-electron chi connectivity index (χ0n) is 14.5. The number of nitrogens with one attached hydrogen (secondary N) is 1. The monoisotopic (exact) mass is 356 g/mol. The average Bonchev–Trinajstić information content (AvgIpc) is 3.37. The second-order valence-electron chi connectivity index (χ2n) is 6.67. The third-order valence-corrected chi connectivity index (χ3v) is 5.01. The largest absolute Gasteiger partial charge is 0.486 e. The molecule has 0 radical (unpaired) electrons. The quantitative estimate of drug-likeness (QED) is 0.582. The maximum absolute atomic E-state index is 9.12. The summed E-state index contributed by atoms with van der Waals surface area (Å²) in [5.74, 6) is 1.40. The standard InChI is InChI=1S/C21H16N4O2/c22-10-13-4-6-16-14(8-13)2-1-3-19(16)27-15-5-7-18-17(9-15)21(25-24-18)20-11-23-12-26-20/h4-9,11-12,19H,1-3H2,(H,24,25). The van der Waals surface area contributed by atoms with Crippen LogP contribution in [-0.2, 0) is 6.42 Å². The Balaban J connectivity index is 1.49. The zero-order valence-corrected chi connectivity index (χ0v) is 14.5. The first-order chi connectivity index (χ1) is 13.3. The number of rotatable bonds is 3. The van der Waals surface area contributed by atoms with Gasteiger partial charge in [0.1, 0.15) is 17.5 Å². The van der Waals surface area contributed by atoms with Crippen molar-refractivity contribution < 1.29 is 9.15 Å². The fraction of sp³-hybridized carbons (Fsp3) is 0.190. The molecule has 5 rings (SSSR count). The summed E-state index contributed by atoms with van der Waals surface area (Å²) >= 11 is 0. The summed E-state index contributed by atoms with van der Waals surface area (Å²) in [4.78, 5) is 3.97. The predicted octanol–water partition coefficient (Wildman–Crippen LogP) is 4.55. The van der Waals surface area contributed by atoms with Crippen LogP contribution in [0.5, 0.6) is 5.75 Å². The second kappa shape index (κ2) is 6.29. The van der Waals surface area contributed by atoms with Crippen LogP contribution in [0.2, 0.25) is 0 Å². The Bertz CT molecular complexity index is 1150. The number of fused-ring (bicyclic) bond motifs is 2. The zero-order chi connectivity index (χ0) is 18.2. The maximum Gasteiger partial charge on any atom is 0.181 e. The maximum atomic E-state index is 9.12. The van der Waals surface area contributed by atoms with Gasteiger partial charge in [0, 0.05) is 5.39 Å². The van der Waals surface area contributed by atoms with Crippen molar-refractivity contribution in [1.82, 2.24) is 15.2 Å². The third-order valence-electron chi connectivity index (χ3n) is 5.01. The molecule has 1 unspecified atom stereocenters. The van der Waals surface area contributed by atoms with E-state index in [4.69, 9.17) is 14.4 Å². The van der Waals surface area contributed by atoms with E-state index in [-0.39, 0.29) is 6.10 Å². The molecule has 0 spiro atoms. The molecule has 0 saturated heterocycles. The van der Waals surface area contributed by atoms with E-state index in [0.717, 1.165) is 41.6 Å². The van der Waals surface area contributed by atoms with Crippen molar-refractivity contribution in [2.75, 3.05) is 0 Å².